The van der Waals surface area contributed by atoms with E-state index in [1.807, 2.05) is 21.1 Å². The molecule has 0 bridgehead atoms. The quantitative estimate of drug-likeness (QED) is 0.0521. The summed E-state index contributed by atoms with van der Waals surface area (Å²) in [7, 11) is 5.47. The van der Waals surface area contributed by atoms with Crippen LogP contribution >= 0.6 is 0 Å². The second-order valence-electron chi connectivity index (χ2n) is 11.3. The summed E-state index contributed by atoms with van der Waals surface area (Å²) in [6.07, 6.45) is 23.8. The van der Waals surface area contributed by atoms with Crippen LogP contribution in [0.5, 0.6) is 0 Å². The van der Waals surface area contributed by atoms with Gasteiger partial charge in [-0.15, -0.1) is 0 Å². The van der Waals surface area contributed by atoms with Crippen molar-refractivity contribution < 1.29 is 38.2 Å². The van der Waals surface area contributed by atoms with Crippen molar-refractivity contribution in [3.8, 4) is 0 Å². The first-order valence-electron chi connectivity index (χ1n) is 15.5. The Balaban J connectivity index is 4.49. The molecule has 8 heteroatoms. The Morgan fingerprint density at radius 3 is 1.98 bits per heavy atom. The molecule has 2 atom stereocenters. The molecule has 2 unspecified atom stereocenters. The number of unbranched alkanes of at least 4 members (excludes halogenated alkanes) is 6. The molecule has 0 amide bonds. The van der Waals surface area contributed by atoms with Crippen molar-refractivity contribution in [2.45, 2.75) is 116 Å². The van der Waals surface area contributed by atoms with Crippen molar-refractivity contribution in [1.82, 2.24) is 0 Å². The van der Waals surface area contributed by atoms with Gasteiger partial charge in [0.15, 0.2) is 12.1 Å². The molecule has 41 heavy (non-hydrogen) atoms. The normalized spacial score (nSPS) is 13.7. The number of nitrogens with zero attached hydrogens (tertiary/aromatic N) is 1. The summed E-state index contributed by atoms with van der Waals surface area (Å²) in [6, 6.07) is -0.615. The number of carbonyl (C=O) groups is 3. The lowest BCUT2D eigenvalue weighted by molar-refractivity contribution is -0.887. The van der Waals surface area contributed by atoms with Gasteiger partial charge in [0.2, 0.25) is 0 Å². The first-order chi connectivity index (χ1) is 19.6. The molecule has 0 rings (SSSR count). The summed E-state index contributed by atoms with van der Waals surface area (Å²) in [5.74, 6) is -1.54. The summed E-state index contributed by atoms with van der Waals surface area (Å²) in [5.41, 5.74) is 0. The van der Waals surface area contributed by atoms with E-state index in [0.29, 0.717) is 19.3 Å². The first-order valence-corrected chi connectivity index (χ1v) is 15.5. The minimum absolute atomic E-state index is 0.0481. The average Bonchev–Trinajstić information content (AvgIpc) is 2.91. The van der Waals surface area contributed by atoms with Gasteiger partial charge in [-0.25, -0.2) is 4.79 Å². The van der Waals surface area contributed by atoms with E-state index in [9.17, 15) is 19.5 Å². The maximum absolute atomic E-state index is 12.5. The molecular formula is C33H58NO7+. The number of allylic oxidation sites excluding steroid dienone is 6. The van der Waals surface area contributed by atoms with Gasteiger partial charge in [-0.2, -0.15) is 0 Å². The van der Waals surface area contributed by atoms with Gasteiger partial charge in [0.25, 0.3) is 0 Å². The van der Waals surface area contributed by atoms with Crippen molar-refractivity contribution in [3.63, 3.8) is 0 Å². The van der Waals surface area contributed by atoms with Crippen LogP contribution in [0.2, 0.25) is 0 Å². The van der Waals surface area contributed by atoms with E-state index in [1.165, 1.54) is 0 Å². The van der Waals surface area contributed by atoms with Crippen LogP contribution in [-0.4, -0.2) is 80.6 Å². The van der Waals surface area contributed by atoms with Gasteiger partial charge in [-0.05, 0) is 44.9 Å². The Kier molecular flexibility index (Phi) is 23.8. The van der Waals surface area contributed by atoms with E-state index < -0.39 is 18.1 Å². The predicted octanol–water partition coefficient (Wildman–Crippen LogP) is 6.79. The second kappa shape index (κ2) is 25.3. The number of carboxylic acid groups (broad SMARTS) is 1. The molecule has 0 aliphatic carbocycles. The van der Waals surface area contributed by atoms with Gasteiger partial charge in [0.1, 0.15) is 6.61 Å². The van der Waals surface area contributed by atoms with E-state index in [4.69, 9.17) is 14.2 Å². The standard InChI is InChI=1S/C33H57NO7/c1-6-8-10-12-13-14-15-16-17-18-19-20-22-24-32(36)41-29(28-40-31(35)23-21-11-9-7-2)27-39-26-25-30(33(37)38)34(3,4)5/h8,10,13-14,16-17,29-30H,6-7,9,11-12,15,18-28H2,1-5H3/p+1/b10-8-,14-13-,17-16-. The number of hydrogen-bond acceptors (Lipinski definition) is 6. The summed E-state index contributed by atoms with van der Waals surface area (Å²) in [5, 5.41) is 9.50. The number of quaternary nitrogens is 1. The summed E-state index contributed by atoms with van der Waals surface area (Å²) in [4.78, 5) is 36.2. The lowest BCUT2D eigenvalue weighted by atomic mass is 10.1. The number of esters is 2. The number of rotatable bonds is 26. The second-order valence-corrected chi connectivity index (χ2v) is 11.3. The molecule has 0 aliphatic rings. The van der Waals surface area contributed by atoms with Crippen LogP contribution in [0.4, 0.5) is 0 Å². The number of aliphatic carboxylic acids is 1. The molecule has 0 aliphatic heterocycles. The van der Waals surface area contributed by atoms with Gasteiger partial charge < -0.3 is 23.8 Å². The zero-order valence-corrected chi connectivity index (χ0v) is 26.5. The zero-order chi connectivity index (χ0) is 30.8. The number of carboxylic acids is 1. The van der Waals surface area contributed by atoms with Gasteiger partial charge in [0.05, 0.1) is 34.4 Å². The number of carbonyl (C=O) groups excluding carboxylic acids is 2. The lowest BCUT2D eigenvalue weighted by Crippen LogP contribution is -2.50. The number of likely N-dealkylation sites (N-methyl/N-ethyl adjacent to an activating group) is 1. The van der Waals surface area contributed by atoms with Crippen LogP contribution < -0.4 is 0 Å². The summed E-state index contributed by atoms with van der Waals surface area (Å²) >= 11 is 0. The van der Waals surface area contributed by atoms with Crippen LogP contribution in [0.15, 0.2) is 36.5 Å². The fraction of sp³-hybridized carbons (Fsp3) is 0.727. The van der Waals surface area contributed by atoms with Gasteiger partial charge in [-0.3, -0.25) is 9.59 Å². The SMILES string of the molecule is CC/C=C\C/C=C\C/C=C\CCCCCC(=O)OC(COCCC(C(=O)O)[N+](C)(C)C)COC(=O)CCCCCC. The van der Waals surface area contributed by atoms with Crippen molar-refractivity contribution >= 4 is 17.9 Å². The molecule has 0 saturated heterocycles. The van der Waals surface area contributed by atoms with E-state index in [1.54, 1.807) is 0 Å². The Morgan fingerprint density at radius 2 is 1.37 bits per heavy atom. The molecule has 1 N–H and O–H groups in total. The fourth-order valence-electron chi connectivity index (χ4n) is 4.10. The minimum Gasteiger partial charge on any atom is -0.477 e. The zero-order valence-electron chi connectivity index (χ0n) is 26.5. The molecule has 0 aromatic heterocycles. The largest absolute Gasteiger partial charge is 0.477 e. The highest BCUT2D eigenvalue weighted by atomic mass is 16.6. The number of hydrogen-bond donors (Lipinski definition) is 1. The molecule has 0 saturated carbocycles. The molecule has 0 aromatic rings. The summed E-state index contributed by atoms with van der Waals surface area (Å²) in [6.45, 7) is 4.42. The number of ether oxygens (including phenoxy) is 3. The van der Waals surface area contributed by atoms with Gasteiger partial charge in [0, 0.05) is 19.3 Å². The molecule has 236 valence electrons. The average molecular weight is 581 g/mol. The van der Waals surface area contributed by atoms with E-state index in [-0.39, 0.29) is 36.2 Å². The maximum atomic E-state index is 12.5. The Morgan fingerprint density at radius 1 is 0.756 bits per heavy atom. The molecular weight excluding hydrogens is 522 g/mol. The van der Waals surface area contributed by atoms with Crippen LogP contribution in [0.3, 0.4) is 0 Å². The highest BCUT2D eigenvalue weighted by molar-refractivity contribution is 5.72. The Hall–Kier alpha value is -2.45. The smallest absolute Gasteiger partial charge is 0.362 e. The lowest BCUT2D eigenvalue weighted by Gasteiger charge is -2.31. The van der Waals surface area contributed by atoms with Crippen molar-refractivity contribution in [2.75, 3.05) is 41.0 Å². The van der Waals surface area contributed by atoms with Gasteiger partial charge >= 0.3 is 17.9 Å². The maximum Gasteiger partial charge on any atom is 0.362 e. The van der Waals surface area contributed by atoms with E-state index in [2.05, 4.69) is 50.3 Å². The third-order valence-corrected chi connectivity index (χ3v) is 6.55. The minimum atomic E-state index is -0.885. The van der Waals surface area contributed by atoms with Gasteiger partial charge in [-0.1, -0.05) is 76.0 Å². The predicted molar refractivity (Wildman–Crippen MR) is 165 cm³/mol. The molecule has 0 aromatic carbocycles. The van der Waals surface area contributed by atoms with Crippen molar-refractivity contribution in [1.29, 1.82) is 0 Å². The topological polar surface area (TPSA) is 99.1 Å². The third-order valence-electron chi connectivity index (χ3n) is 6.55. The van der Waals surface area contributed by atoms with Crippen molar-refractivity contribution in [2.24, 2.45) is 0 Å². The summed E-state index contributed by atoms with van der Waals surface area (Å²) < 4.78 is 16.9. The molecule has 0 spiro atoms. The van der Waals surface area contributed by atoms with Crippen LogP contribution in [0, 0.1) is 0 Å². The highest BCUT2D eigenvalue weighted by Crippen LogP contribution is 2.11. The van der Waals surface area contributed by atoms with Crippen LogP contribution in [-0.2, 0) is 28.6 Å². The molecule has 0 heterocycles. The van der Waals surface area contributed by atoms with Crippen molar-refractivity contribution in [3.05, 3.63) is 36.5 Å². The third kappa shape index (κ3) is 23.9. The molecule has 0 radical (unpaired) electrons. The highest BCUT2D eigenvalue weighted by Gasteiger charge is 2.31. The van der Waals surface area contributed by atoms with E-state index in [0.717, 1.165) is 70.6 Å². The monoisotopic (exact) mass is 580 g/mol. The Bertz CT molecular complexity index is 783. The van der Waals surface area contributed by atoms with E-state index >= 15 is 0 Å². The fourth-order valence-corrected chi connectivity index (χ4v) is 4.10. The first kappa shape index (κ1) is 38.5. The van der Waals surface area contributed by atoms with Crippen LogP contribution in [0.25, 0.3) is 0 Å². The molecule has 8 nitrogen and oxygen atoms in total. The van der Waals surface area contributed by atoms with Crippen LogP contribution in [0.1, 0.15) is 104 Å². The Labute approximate surface area is 249 Å². The molecule has 0 fully saturated rings.